The Balaban J connectivity index is -0.000000203. The normalized spacial score (nSPS) is 7.58. The van der Waals surface area contributed by atoms with Gasteiger partial charge in [-0.15, -0.1) is 0 Å². The lowest BCUT2D eigenvalue weighted by Crippen LogP contribution is -2.22. The largest absolute Gasteiger partial charge is 0.545 e. The molecule has 0 aliphatic rings. The van der Waals surface area contributed by atoms with E-state index in [0.29, 0.717) is 5.57 Å². The summed E-state index contributed by atoms with van der Waals surface area (Å²) in [6.07, 6.45) is 0. The lowest BCUT2D eigenvalue weighted by atomic mass is 10.4. The summed E-state index contributed by atoms with van der Waals surface area (Å²) in [5.41, 5.74) is 0.674. The van der Waals surface area contributed by atoms with Crippen LogP contribution in [0.2, 0.25) is 0 Å². The van der Waals surface area contributed by atoms with E-state index in [1.165, 1.54) is 21.0 Å². The predicted molar refractivity (Wildman–Crippen MR) is 69.1 cm³/mol. The van der Waals surface area contributed by atoms with Crippen molar-refractivity contribution in [1.29, 1.82) is 0 Å². The molecule has 0 fully saturated rings. The molecule has 0 aliphatic heterocycles. The lowest BCUT2D eigenvalue weighted by Gasteiger charge is -1.93. The van der Waals surface area contributed by atoms with Gasteiger partial charge in [0.25, 0.3) is 0 Å². The average Bonchev–Trinajstić information content (AvgIpc) is 2.29. The monoisotopic (exact) mass is 271 g/mol. The zero-order valence-electron chi connectivity index (χ0n) is 11.6. The minimum absolute atomic E-state index is 0.0648. The lowest BCUT2D eigenvalue weighted by molar-refractivity contribution is -0.299. The number of hydrogen-bond donors (Lipinski definition) is 1. The van der Waals surface area contributed by atoms with Crippen molar-refractivity contribution < 1.29 is 29.3 Å². The Hall–Kier alpha value is -2.37. The Kier molecular flexibility index (Phi) is 13.9. The van der Waals surface area contributed by atoms with Crippen LogP contribution in [0.5, 0.6) is 0 Å². The molecule has 0 aromatic rings. The van der Waals surface area contributed by atoms with Crippen LogP contribution in [0.1, 0.15) is 20.8 Å². The fourth-order valence-corrected chi connectivity index (χ4v) is 0.174. The van der Waals surface area contributed by atoms with Crippen molar-refractivity contribution >= 4 is 17.9 Å². The van der Waals surface area contributed by atoms with Gasteiger partial charge in [0.05, 0.1) is 13.1 Å². The zero-order valence-corrected chi connectivity index (χ0v) is 11.6. The molecule has 19 heavy (non-hydrogen) atoms. The van der Waals surface area contributed by atoms with Gasteiger partial charge in [0, 0.05) is 11.1 Å². The molecule has 0 amide bonds. The minimum atomic E-state index is -1.19. The molecule has 6 nitrogen and oxygen atoms in total. The summed E-state index contributed by atoms with van der Waals surface area (Å²) in [5.74, 6) is -2.47. The standard InChI is InChI=1S/C5H8O2.2C4H6O2/c1-4(2)5(6)7-3;2*1-3(2)4(5)6/h1H2,2-3H3;2*1H2,2H3,(H,5,6)/p-1. The second-order valence-corrected chi connectivity index (χ2v) is 3.43. The highest BCUT2D eigenvalue weighted by molar-refractivity contribution is 5.86. The van der Waals surface area contributed by atoms with E-state index in [4.69, 9.17) is 5.11 Å². The molecule has 0 saturated heterocycles. The van der Waals surface area contributed by atoms with Crippen molar-refractivity contribution in [1.82, 2.24) is 0 Å². The number of carbonyl (C=O) groups excluding carboxylic acids is 2. The highest BCUT2D eigenvalue weighted by Crippen LogP contribution is 1.87. The molecule has 0 heterocycles. The van der Waals surface area contributed by atoms with Gasteiger partial charge in [0.15, 0.2) is 0 Å². The van der Waals surface area contributed by atoms with E-state index in [0.717, 1.165) is 0 Å². The molecule has 0 unspecified atom stereocenters. The molecule has 0 rings (SSSR count). The molecule has 0 bridgehead atoms. The van der Waals surface area contributed by atoms with Gasteiger partial charge in [-0.1, -0.05) is 19.7 Å². The Bertz CT molecular complexity index is 331. The highest BCUT2D eigenvalue weighted by atomic mass is 16.5. The van der Waals surface area contributed by atoms with E-state index in [1.54, 1.807) is 6.92 Å². The third-order valence-electron chi connectivity index (χ3n) is 1.25. The van der Waals surface area contributed by atoms with Gasteiger partial charge in [-0.2, -0.15) is 0 Å². The second-order valence-electron chi connectivity index (χ2n) is 3.43. The van der Waals surface area contributed by atoms with E-state index >= 15 is 0 Å². The molecule has 6 heteroatoms. The van der Waals surface area contributed by atoms with Crippen LogP contribution in [0.25, 0.3) is 0 Å². The SMILES string of the molecule is C=C(C)C(=O)O.C=C(C)C(=O)OC.C=C(C)C(=O)[O-]. The van der Waals surface area contributed by atoms with Gasteiger partial charge in [0.1, 0.15) is 0 Å². The smallest absolute Gasteiger partial charge is 0.332 e. The molecule has 0 radical (unpaired) electrons. The summed E-state index contributed by atoms with van der Waals surface area (Å²) in [4.78, 5) is 29.3. The number of carboxylic acids is 2. The second kappa shape index (κ2) is 12.1. The van der Waals surface area contributed by atoms with Crippen molar-refractivity contribution in [3.63, 3.8) is 0 Å². The topological polar surface area (TPSA) is 104 Å². The van der Waals surface area contributed by atoms with E-state index in [1.807, 2.05) is 0 Å². The summed E-state index contributed by atoms with van der Waals surface area (Å²) < 4.78 is 4.27. The molecule has 108 valence electrons. The van der Waals surface area contributed by atoms with Crippen LogP contribution in [-0.2, 0) is 19.1 Å². The van der Waals surface area contributed by atoms with E-state index in [2.05, 4.69) is 24.5 Å². The van der Waals surface area contributed by atoms with Crippen molar-refractivity contribution in [2.45, 2.75) is 20.8 Å². The summed E-state index contributed by atoms with van der Waals surface area (Å²) in [5, 5.41) is 17.4. The number of hydrogen-bond acceptors (Lipinski definition) is 5. The predicted octanol–water partition coefficient (Wildman–Crippen LogP) is 0.695. The maximum absolute atomic E-state index is 10.2. The number of rotatable bonds is 3. The molecule has 0 spiro atoms. The average molecular weight is 271 g/mol. The van der Waals surface area contributed by atoms with Gasteiger partial charge >= 0.3 is 11.9 Å². The van der Waals surface area contributed by atoms with Crippen LogP contribution < -0.4 is 5.11 Å². The Labute approximate surface area is 112 Å². The first-order valence-corrected chi connectivity index (χ1v) is 4.96. The summed E-state index contributed by atoms with van der Waals surface area (Å²) >= 11 is 0. The van der Waals surface area contributed by atoms with Crippen molar-refractivity contribution in [3.8, 4) is 0 Å². The number of aliphatic carboxylic acids is 2. The quantitative estimate of drug-likeness (QED) is 0.598. The fraction of sp³-hybridized carbons (Fsp3) is 0.308. The van der Waals surface area contributed by atoms with E-state index in [9.17, 15) is 19.5 Å². The number of esters is 1. The van der Waals surface area contributed by atoms with Gasteiger partial charge in [0.2, 0.25) is 0 Å². The number of carbonyl (C=O) groups is 3. The van der Waals surface area contributed by atoms with E-state index in [-0.39, 0.29) is 17.1 Å². The molecule has 0 saturated carbocycles. The van der Waals surface area contributed by atoms with Crippen LogP contribution in [0.15, 0.2) is 36.5 Å². The highest BCUT2D eigenvalue weighted by Gasteiger charge is 1.95. The molecule has 0 atom stereocenters. The van der Waals surface area contributed by atoms with Gasteiger partial charge in [-0.25, -0.2) is 9.59 Å². The third kappa shape index (κ3) is 21.5. The number of carboxylic acid groups (broad SMARTS) is 2. The third-order valence-corrected chi connectivity index (χ3v) is 1.25. The Morgan fingerprint density at radius 2 is 1.21 bits per heavy atom. The Morgan fingerprint density at radius 1 is 0.947 bits per heavy atom. The first kappa shape index (κ1) is 21.9. The number of methoxy groups -OCH3 is 1. The first-order valence-electron chi connectivity index (χ1n) is 4.96. The van der Waals surface area contributed by atoms with Crippen LogP contribution in [-0.4, -0.2) is 30.1 Å². The van der Waals surface area contributed by atoms with Crippen molar-refractivity contribution in [2.75, 3.05) is 7.11 Å². The van der Waals surface area contributed by atoms with Crippen LogP contribution in [0.3, 0.4) is 0 Å². The fourth-order valence-electron chi connectivity index (χ4n) is 0.174. The summed E-state index contributed by atoms with van der Waals surface area (Å²) in [7, 11) is 1.33. The van der Waals surface area contributed by atoms with Crippen LogP contribution in [0.4, 0.5) is 0 Å². The van der Waals surface area contributed by atoms with E-state index < -0.39 is 11.9 Å². The summed E-state index contributed by atoms with van der Waals surface area (Å²) in [6.45, 7) is 14.0. The van der Waals surface area contributed by atoms with Crippen LogP contribution in [0, 0.1) is 0 Å². The molecule has 0 aliphatic carbocycles. The minimum Gasteiger partial charge on any atom is -0.545 e. The molecular formula is C13H19O6-. The molecule has 0 aromatic heterocycles. The first-order chi connectivity index (χ1) is 8.47. The van der Waals surface area contributed by atoms with Gasteiger partial charge in [-0.3, -0.25) is 0 Å². The van der Waals surface area contributed by atoms with Crippen molar-refractivity contribution in [3.05, 3.63) is 36.5 Å². The maximum atomic E-state index is 10.2. The molecular weight excluding hydrogens is 252 g/mol. The maximum Gasteiger partial charge on any atom is 0.332 e. The Morgan fingerprint density at radius 3 is 1.21 bits per heavy atom. The molecule has 0 aromatic carbocycles. The van der Waals surface area contributed by atoms with Crippen LogP contribution >= 0.6 is 0 Å². The summed E-state index contributed by atoms with van der Waals surface area (Å²) in [6, 6.07) is 0. The number of ether oxygens (including phenoxy) is 1. The van der Waals surface area contributed by atoms with Crippen molar-refractivity contribution in [2.24, 2.45) is 0 Å². The van der Waals surface area contributed by atoms with Gasteiger partial charge in [-0.05, 0) is 26.3 Å². The molecule has 1 N–H and O–H groups in total. The zero-order chi connectivity index (χ0) is 16.2. The van der Waals surface area contributed by atoms with Gasteiger partial charge < -0.3 is 19.7 Å².